The third-order valence-electron chi connectivity index (χ3n) is 1.93. The number of rotatable bonds is 4. The van der Waals surface area contributed by atoms with Crippen molar-refractivity contribution in [1.82, 2.24) is 0 Å². The molecule has 7 heteroatoms. The number of halogens is 1. The van der Waals surface area contributed by atoms with Crippen molar-refractivity contribution in [3.05, 3.63) is 26.2 Å². The van der Waals surface area contributed by atoms with E-state index in [1.807, 2.05) is 0 Å². The Bertz CT molecular complexity index is 446. The van der Waals surface area contributed by atoms with Crippen molar-refractivity contribution in [2.45, 2.75) is 0 Å². The van der Waals surface area contributed by atoms with Gasteiger partial charge in [0.15, 0.2) is 17.8 Å². The van der Waals surface area contributed by atoms with Gasteiger partial charge in [-0.3, -0.25) is 14.9 Å². The summed E-state index contributed by atoms with van der Waals surface area (Å²) >= 11 is 3.01. The van der Waals surface area contributed by atoms with E-state index in [-0.39, 0.29) is 27.2 Å². The first kappa shape index (κ1) is 12.4. The summed E-state index contributed by atoms with van der Waals surface area (Å²) < 4.78 is 10.0. The van der Waals surface area contributed by atoms with Crippen molar-refractivity contribution >= 4 is 27.9 Å². The van der Waals surface area contributed by atoms with E-state index < -0.39 is 4.92 Å². The number of hydrogen-bond acceptors (Lipinski definition) is 5. The Morgan fingerprint density at radius 2 is 2.06 bits per heavy atom. The highest BCUT2D eigenvalue weighted by Crippen LogP contribution is 2.41. The lowest BCUT2D eigenvalue weighted by Gasteiger charge is -2.10. The van der Waals surface area contributed by atoms with Crippen LogP contribution in [0.5, 0.6) is 11.5 Å². The molecule has 6 nitrogen and oxygen atoms in total. The summed E-state index contributed by atoms with van der Waals surface area (Å²) in [4.78, 5) is 21.0. The number of benzene rings is 1. The number of carbonyl (C=O) groups excluding carboxylic acids is 1. The molecule has 0 aliphatic rings. The third kappa shape index (κ3) is 1.99. The van der Waals surface area contributed by atoms with Crippen molar-refractivity contribution in [1.29, 1.82) is 0 Å². The van der Waals surface area contributed by atoms with Crippen LogP contribution in [0, 0.1) is 10.1 Å². The zero-order valence-electron chi connectivity index (χ0n) is 8.52. The SMILES string of the molecule is COc1cc(Br)c([N+](=O)[O-])c(C=O)c1OC. The van der Waals surface area contributed by atoms with Gasteiger partial charge in [0.25, 0.3) is 5.69 Å². The second kappa shape index (κ2) is 4.93. The number of nitro groups is 1. The topological polar surface area (TPSA) is 78.7 Å². The minimum atomic E-state index is -0.657. The molecule has 0 fully saturated rings. The molecule has 0 aromatic heterocycles. The van der Waals surface area contributed by atoms with E-state index in [0.717, 1.165) is 0 Å². The molecule has 0 amide bonds. The van der Waals surface area contributed by atoms with Crippen molar-refractivity contribution in [3.8, 4) is 11.5 Å². The lowest BCUT2D eigenvalue weighted by molar-refractivity contribution is -0.385. The molecule has 0 atom stereocenters. The highest BCUT2D eigenvalue weighted by Gasteiger charge is 2.26. The van der Waals surface area contributed by atoms with Crippen LogP contribution in [-0.2, 0) is 0 Å². The maximum atomic E-state index is 10.9. The number of carbonyl (C=O) groups is 1. The molecule has 86 valence electrons. The summed E-state index contributed by atoms with van der Waals surface area (Å²) in [6.07, 6.45) is 0.365. The van der Waals surface area contributed by atoms with Crippen molar-refractivity contribution in [3.63, 3.8) is 0 Å². The molecule has 0 bridgehead atoms. The molecule has 0 heterocycles. The van der Waals surface area contributed by atoms with Crippen LogP contribution in [-0.4, -0.2) is 25.4 Å². The Morgan fingerprint density at radius 3 is 2.44 bits per heavy atom. The summed E-state index contributed by atoms with van der Waals surface area (Å²) in [6.45, 7) is 0. The Morgan fingerprint density at radius 1 is 1.44 bits per heavy atom. The van der Waals surface area contributed by atoms with Gasteiger partial charge in [-0.15, -0.1) is 0 Å². The van der Waals surface area contributed by atoms with E-state index >= 15 is 0 Å². The molecule has 1 aromatic carbocycles. The lowest BCUT2D eigenvalue weighted by Crippen LogP contribution is -2.01. The largest absolute Gasteiger partial charge is 0.493 e. The smallest absolute Gasteiger partial charge is 0.298 e. The number of aldehydes is 1. The van der Waals surface area contributed by atoms with Crippen LogP contribution in [0.25, 0.3) is 0 Å². The zero-order valence-corrected chi connectivity index (χ0v) is 10.1. The van der Waals surface area contributed by atoms with Gasteiger partial charge in [-0.25, -0.2) is 0 Å². The molecular weight excluding hydrogens is 282 g/mol. The van der Waals surface area contributed by atoms with Gasteiger partial charge in [-0.05, 0) is 15.9 Å². The number of nitrogens with zero attached hydrogens (tertiary/aromatic N) is 1. The van der Waals surface area contributed by atoms with Gasteiger partial charge in [0, 0.05) is 6.07 Å². The number of methoxy groups -OCH3 is 2. The van der Waals surface area contributed by atoms with Crippen molar-refractivity contribution in [2.24, 2.45) is 0 Å². The Kier molecular flexibility index (Phi) is 3.83. The zero-order chi connectivity index (χ0) is 12.3. The van der Waals surface area contributed by atoms with E-state index in [1.165, 1.54) is 20.3 Å². The summed E-state index contributed by atoms with van der Waals surface area (Å²) in [7, 11) is 2.69. The third-order valence-corrected chi connectivity index (χ3v) is 2.54. The highest BCUT2D eigenvalue weighted by atomic mass is 79.9. The van der Waals surface area contributed by atoms with Gasteiger partial charge < -0.3 is 9.47 Å². The predicted octanol–water partition coefficient (Wildman–Crippen LogP) is 2.19. The maximum Gasteiger partial charge on any atom is 0.298 e. The van der Waals surface area contributed by atoms with Crippen LogP contribution >= 0.6 is 15.9 Å². The average molecular weight is 290 g/mol. The van der Waals surface area contributed by atoms with Crippen molar-refractivity contribution in [2.75, 3.05) is 14.2 Å². The maximum absolute atomic E-state index is 10.9. The van der Waals surface area contributed by atoms with E-state index in [4.69, 9.17) is 9.47 Å². The second-order valence-corrected chi connectivity index (χ2v) is 3.59. The van der Waals surface area contributed by atoms with E-state index in [2.05, 4.69) is 15.9 Å². The van der Waals surface area contributed by atoms with E-state index in [1.54, 1.807) is 0 Å². The fraction of sp³-hybridized carbons (Fsp3) is 0.222. The van der Waals surface area contributed by atoms with Gasteiger partial charge in [0.2, 0.25) is 0 Å². The molecule has 0 N–H and O–H groups in total. The molecule has 0 spiro atoms. The fourth-order valence-corrected chi connectivity index (χ4v) is 1.84. The number of ether oxygens (including phenoxy) is 2. The first-order chi connectivity index (χ1) is 7.56. The first-order valence-corrected chi connectivity index (χ1v) is 4.90. The summed E-state index contributed by atoms with van der Waals surface area (Å²) in [5.74, 6) is 0.300. The van der Waals surface area contributed by atoms with Gasteiger partial charge >= 0.3 is 0 Å². The quantitative estimate of drug-likeness (QED) is 0.482. The Hall–Kier alpha value is -1.63. The predicted molar refractivity (Wildman–Crippen MR) is 59.3 cm³/mol. The molecule has 0 aliphatic carbocycles. The monoisotopic (exact) mass is 289 g/mol. The van der Waals surface area contributed by atoms with E-state index in [9.17, 15) is 14.9 Å². The van der Waals surface area contributed by atoms with Gasteiger partial charge in [0.1, 0.15) is 5.56 Å². The van der Waals surface area contributed by atoms with Crippen LogP contribution < -0.4 is 9.47 Å². The standard InChI is InChI=1S/C9H8BrNO5/c1-15-7-3-6(10)8(11(13)14)5(4-12)9(7)16-2/h3-4H,1-2H3. The lowest BCUT2D eigenvalue weighted by atomic mass is 10.1. The highest BCUT2D eigenvalue weighted by molar-refractivity contribution is 9.10. The molecular formula is C9H8BrNO5. The molecule has 0 radical (unpaired) electrons. The summed E-state index contributed by atoms with van der Waals surface area (Å²) in [5, 5.41) is 10.8. The fourth-order valence-electron chi connectivity index (χ4n) is 1.27. The number of nitro benzene ring substituents is 1. The molecule has 0 unspecified atom stereocenters. The van der Waals surface area contributed by atoms with Crippen LogP contribution in [0.4, 0.5) is 5.69 Å². The Balaban J connectivity index is 3.64. The molecule has 16 heavy (non-hydrogen) atoms. The number of hydrogen-bond donors (Lipinski definition) is 0. The van der Waals surface area contributed by atoms with E-state index in [0.29, 0.717) is 6.29 Å². The van der Waals surface area contributed by atoms with Crippen LogP contribution in [0.1, 0.15) is 10.4 Å². The molecule has 0 saturated heterocycles. The minimum absolute atomic E-state index is 0.0485. The molecule has 1 rings (SSSR count). The van der Waals surface area contributed by atoms with Crippen molar-refractivity contribution < 1.29 is 19.2 Å². The molecule has 0 saturated carbocycles. The molecule has 0 aliphatic heterocycles. The summed E-state index contributed by atoms with van der Waals surface area (Å²) in [5.41, 5.74) is -0.494. The van der Waals surface area contributed by atoms with Gasteiger partial charge in [-0.1, -0.05) is 0 Å². The van der Waals surface area contributed by atoms with Crippen LogP contribution in [0.15, 0.2) is 10.5 Å². The van der Waals surface area contributed by atoms with Gasteiger partial charge in [0.05, 0.1) is 23.6 Å². The Labute approximate surface area is 99.4 Å². The summed E-state index contributed by atoms with van der Waals surface area (Å²) in [6, 6.07) is 1.38. The molecule has 1 aromatic rings. The first-order valence-electron chi connectivity index (χ1n) is 4.10. The normalized spacial score (nSPS) is 9.69. The van der Waals surface area contributed by atoms with Crippen LogP contribution in [0.3, 0.4) is 0 Å². The second-order valence-electron chi connectivity index (χ2n) is 2.73. The van der Waals surface area contributed by atoms with Gasteiger partial charge in [-0.2, -0.15) is 0 Å². The average Bonchev–Trinajstić information content (AvgIpc) is 2.26. The van der Waals surface area contributed by atoms with Crippen LogP contribution in [0.2, 0.25) is 0 Å². The minimum Gasteiger partial charge on any atom is -0.493 e.